The number of aromatic nitrogens is 1. The molecule has 1 fully saturated rings. The molecule has 4 nitrogen and oxygen atoms in total. The van der Waals surface area contributed by atoms with E-state index in [1.165, 1.54) is 0 Å². The number of nitrogens with zero attached hydrogens (tertiary/aromatic N) is 2. The van der Waals surface area contributed by atoms with E-state index >= 15 is 0 Å². The molecule has 2 heterocycles. The zero-order valence-corrected chi connectivity index (χ0v) is 8.53. The molecule has 1 aromatic heterocycles. The molecular formula is C11H14N4. The number of rotatable bonds is 2. The lowest BCUT2D eigenvalue weighted by Gasteiger charge is -2.24. The minimum atomic E-state index is 0.473. The predicted molar refractivity (Wildman–Crippen MR) is 58.5 cm³/mol. The molecule has 0 aromatic carbocycles. The summed E-state index contributed by atoms with van der Waals surface area (Å²) in [6.07, 6.45) is 5.52. The van der Waals surface area contributed by atoms with Gasteiger partial charge in [0.1, 0.15) is 6.07 Å². The van der Waals surface area contributed by atoms with Crippen LogP contribution in [0.5, 0.6) is 0 Å². The Bertz CT molecular complexity index is 363. The van der Waals surface area contributed by atoms with E-state index in [1.54, 1.807) is 12.4 Å². The van der Waals surface area contributed by atoms with Crippen molar-refractivity contribution in [3.63, 3.8) is 0 Å². The first-order valence-electron chi connectivity index (χ1n) is 5.21. The first-order chi connectivity index (χ1) is 7.40. The monoisotopic (exact) mass is 202 g/mol. The first-order valence-corrected chi connectivity index (χ1v) is 5.21. The Balaban J connectivity index is 2.06. The third-order valence-electron chi connectivity index (χ3n) is 2.64. The average molecular weight is 202 g/mol. The fourth-order valence-electron chi connectivity index (χ4n) is 1.80. The summed E-state index contributed by atoms with van der Waals surface area (Å²) in [7, 11) is 0. The van der Waals surface area contributed by atoms with Gasteiger partial charge in [-0.3, -0.25) is 4.98 Å². The normalized spacial score (nSPS) is 17.0. The van der Waals surface area contributed by atoms with Crippen LogP contribution in [0.25, 0.3) is 0 Å². The fourth-order valence-corrected chi connectivity index (χ4v) is 1.80. The van der Waals surface area contributed by atoms with E-state index in [0.717, 1.165) is 31.6 Å². The molecule has 78 valence electrons. The van der Waals surface area contributed by atoms with Gasteiger partial charge in [0.15, 0.2) is 0 Å². The number of hydrogen-bond acceptors (Lipinski definition) is 4. The minimum Gasteiger partial charge on any atom is -0.381 e. The number of anilines is 1. The molecular weight excluding hydrogens is 188 g/mol. The predicted octanol–water partition coefficient (Wildman–Crippen LogP) is 1.12. The Labute approximate surface area is 89.3 Å². The Morgan fingerprint density at radius 2 is 2.27 bits per heavy atom. The topological polar surface area (TPSA) is 60.7 Å². The fraction of sp³-hybridized carbons (Fsp3) is 0.455. The van der Waals surface area contributed by atoms with Crippen LogP contribution in [0.4, 0.5) is 5.69 Å². The van der Waals surface area contributed by atoms with Gasteiger partial charge in [-0.15, -0.1) is 0 Å². The van der Waals surface area contributed by atoms with Crippen molar-refractivity contribution in [2.45, 2.75) is 18.9 Å². The van der Waals surface area contributed by atoms with Crippen LogP contribution in [0, 0.1) is 11.3 Å². The SMILES string of the molecule is N#Cc1cnccc1NC1CCNCC1. The maximum absolute atomic E-state index is 8.91. The number of piperidine rings is 1. The molecule has 1 aliphatic heterocycles. The number of nitrogens with one attached hydrogen (secondary N) is 2. The van der Waals surface area contributed by atoms with Crippen LogP contribution in [-0.2, 0) is 0 Å². The second-order valence-corrected chi connectivity index (χ2v) is 3.70. The van der Waals surface area contributed by atoms with E-state index in [4.69, 9.17) is 5.26 Å². The zero-order chi connectivity index (χ0) is 10.5. The van der Waals surface area contributed by atoms with E-state index in [2.05, 4.69) is 21.7 Å². The Morgan fingerprint density at radius 3 is 3.00 bits per heavy atom. The molecule has 0 amide bonds. The van der Waals surface area contributed by atoms with Crippen LogP contribution < -0.4 is 10.6 Å². The smallest absolute Gasteiger partial charge is 0.103 e. The van der Waals surface area contributed by atoms with E-state index in [9.17, 15) is 0 Å². The minimum absolute atomic E-state index is 0.473. The summed E-state index contributed by atoms with van der Waals surface area (Å²) in [6, 6.07) is 4.48. The van der Waals surface area contributed by atoms with Crippen LogP contribution in [0.1, 0.15) is 18.4 Å². The largest absolute Gasteiger partial charge is 0.381 e. The summed E-state index contributed by atoms with van der Waals surface area (Å²) >= 11 is 0. The van der Waals surface area contributed by atoms with E-state index < -0.39 is 0 Å². The molecule has 0 aliphatic carbocycles. The maximum Gasteiger partial charge on any atom is 0.103 e. The Kier molecular flexibility index (Phi) is 3.15. The average Bonchev–Trinajstić information content (AvgIpc) is 2.31. The molecule has 15 heavy (non-hydrogen) atoms. The summed E-state index contributed by atoms with van der Waals surface area (Å²) in [6.45, 7) is 2.09. The van der Waals surface area contributed by atoms with Gasteiger partial charge in [-0.1, -0.05) is 0 Å². The summed E-state index contributed by atoms with van der Waals surface area (Å²) in [5.74, 6) is 0. The summed E-state index contributed by atoms with van der Waals surface area (Å²) in [4.78, 5) is 3.93. The van der Waals surface area contributed by atoms with Gasteiger partial charge in [-0.2, -0.15) is 5.26 Å². The quantitative estimate of drug-likeness (QED) is 0.754. The molecule has 0 atom stereocenters. The summed E-state index contributed by atoms with van der Waals surface area (Å²) < 4.78 is 0. The highest BCUT2D eigenvalue weighted by Crippen LogP contribution is 2.16. The van der Waals surface area contributed by atoms with Crippen LogP contribution >= 0.6 is 0 Å². The number of hydrogen-bond donors (Lipinski definition) is 2. The van der Waals surface area contributed by atoms with Crippen LogP contribution in [-0.4, -0.2) is 24.1 Å². The zero-order valence-electron chi connectivity index (χ0n) is 8.53. The number of nitriles is 1. The molecule has 1 saturated heterocycles. The van der Waals surface area contributed by atoms with Gasteiger partial charge in [0.25, 0.3) is 0 Å². The van der Waals surface area contributed by atoms with Crippen LogP contribution in [0.3, 0.4) is 0 Å². The third-order valence-corrected chi connectivity index (χ3v) is 2.64. The molecule has 2 N–H and O–H groups in total. The van der Waals surface area contributed by atoms with Crippen molar-refractivity contribution in [1.29, 1.82) is 5.26 Å². The van der Waals surface area contributed by atoms with Gasteiger partial charge in [0.05, 0.1) is 11.3 Å². The van der Waals surface area contributed by atoms with Gasteiger partial charge in [0.2, 0.25) is 0 Å². The Hall–Kier alpha value is -1.60. The van der Waals surface area contributed by atoms with Crippen molar-refractivity contribution < 1.29 is 0 Å². The van der Waals surface area contributed by atoms with Crippen molar-refractivity contribution in [1.82, 2.24) is 10.3 Å². The highest BCUT2D eigenvalue weighted by molar-refractivity contribution is 5.56. The van der Waals surface area contributed by atoms with Gasteiger partial charge in [-0.25, -0.2) is 0 Å². The molecule has 0 unspecified atom stereocenters. The lowest BCUT2D eigenvalue weighted by molar-refractivity contribution is 0.479. The molecule has 1 aliphatic rings. The van der Waals surface area contributed by atoms with Gasteiger partial charge >= 0.3 is 0 Å². The van der Waals surface area contributed by atoms with Gasteiger partial charge in [-0.05, 0) is 32.0 Å². The Morgan fingerprint density at radius 1 is 1.47 bits per heavy atom. The highest BCUT2D eigenvalue weighted by Gasteiger charge is 2.13. The summed E-state index contributed by atoms with van der Waals surface area (Å²) in [5, 5.41) is 15.6. The van der Waals surface area contributed by atoms with E-state index in [1.807, 2.05) is 6.07 Å². The second-order valence-electron chi connectivity index (χ2n) is 3.70. The van der Waals surface area contributed by atoms with Crippen molar-refractivity contribution >= 4 is 5.69 Å². The number of pyridine rings is 1. The van der Waals surface area contributed by atoms with Crippen molar-refractivity contribution in [3.8, 4) is 6.07 Å². The summed E-state index contributed by atoms with van der Waals surface area (Å²) in [5.41, 5.74) is 1.52. The van der Waals surface area contributed by atoms with Crippen molar-refractivity contribution in [3.05, 3.63) is 24.0 Å². The lowest BCUT2D eigenvalue weighted by atomic mass is 10.1. The highest BCUT2D eigenvalue weighted by atomic mass is 15.0. The van der Waals surface area contributed by atoms with Gasteiger partial charge < -0.3 is 10.6 Å². The van der Waals surface area contributed by atoms with E-state index in [0.29, 0.717) is 11.6 Å². The molecule has 0 spiro atoms. The molecule has 4 heteroatoms. The van der Waals surface area contributed by atoms with Crippen molar-refractivity contribution in [2.24, 2.45) is 0 Å². The van der Waals surface area contributed by atoms with Gasteiger partial charge in [0, 0.05) is 18.4 Å². The molecule has 2 rings (SSSR count). The van der Waals surface area contributed by atoms with Crippen molar-refractivity contribution in [2.75, 3.05) is 18.4 Å². The lowest BCUT2D eigenvalue weighted by Crippen LogP contribution is -2.35. The molecule has 1 aromatic rings. The first kappa shape index (κ1) is 9.94. The molecule has 0 radical (unpaired) electrons. The van der Waals surface area contributed by atoms with E-state index in [-0.39, 0.29) is 0 Å². The van der Waals surface area contributed by atoms with Crippen LogP contribution in [0.15, 0.2) is 18.5 Å². The second kappa shape index (κ2) is 4.76. The maximum atomic E-state index is 8.91. The van der Waals surface area contributed by atoms with Crippen LogP contribution in [0.2, 0.25) is 0 Å². The molecule has 0 bridgehead atoms. The molecule has 0 saturated carbocycles. The standard InChI is InChI=1S/C11H14N4/c12-7-9-8-14-6-3-11(9)15-10-1-4-13-5-2-10/h3,6,8,10,13H,1-2,4-5H2,(H,14,15). The third kappa shape index (κ3) is 2.45.